The van der Waals surface area contributed by atoms with Crippen LogP contribution >= 0.6 is 0 Å². The van der Waals surface area contributed by atoms with Gasteiger partial charge >= 0.3 is 0 Å². The monoisotopic (exact) mass is 376 g/mol. The van der Waals surface area contributed by atoms with Crippen molar-refractivity contribution in [3.63, 3.8) is 0 Å². The molecule has 0 atom stereocenters. The van der Waals surface area contributed by atoms with Crippen molar-refractivity contribution in [3.8, 4) is 0 Å². The molecule has 1 heterocycles. The van der Waals surface area contributed by atoms with Crippen LogP contribution in [0, 0.1) is 34.6 Å². The van der Waals surface area contributed by atoms with Gasteiger partial charge in [0.1, 0.15) is 0 Å². The van der Waals surface area contributed by atoms with Gasteiger partial charge in [-0.2, -0.15) is 4.31 Å². The van der Waals surface area contributed by atoms with Crippen LogP contribution in [0.2, 0.25) is 0 Å². The zero-order chi connectivity index (χ0) is 19.5. The largest absolute Gasteiger partial charge is 0.383 e. The molecule has 0 amide bonds. The Morgan fingerprint density at radius 1 is 1.00 bits per heavy atom. The van der Waals surface area contributed by atoms with Crippen LogP contribution in [0.1, 0.15) is 33.4 Å². The second kappa shape index (κ2) is 8.29. The van der Waals surface area contributed by atoms with E-state index in [1.807, 2.05) is 46.8 Å². The molecule has 5 nitrogen and oxygen atoms in total. The molecule has 0 fully saturated rings. The Labute approximate surface area is 157 Å². The van der Waals surface area contributed by atoms with Crippen molar-refractivity contribution in [1.29, 1.82) is 0 Å². The Balaban J connectivity index is 2.57. The molecule has 6 heteroatoms. The highest BCUT2D eigenvalue weighted by Crippen LogP contribution is 2.32. The summed E-state index contributed by atoms with van der Waals surface area (Å²) in [6, 6.07) is 3.70. The summed E-state index contributed by atoms with van der Waals surface area (Å²) in [7, 11) is -2.09. The van der Waals surface area contributed by atoms with Crippen molar-refractivity contribution in [2.45, 2.75) is 46.1 Å². The molecule has 1 aromatic carbocycles. The summed E-state index contributed by atoms with van der Waals surface area (Å²) < 4.78 is 33.7. The predicted octanol–water partition coefficient (Wildman–Crippen LogP) is 3.46. The third kappa shape index (κ3) is 3.98. The maximum Gasteiger partial charge on any atom is 0.244 e. The van der Waals surface area contributed by atoms with Crippen LogP contribution in [-0.4, -0.2) is 38.0 Å². The number of rotatable bonds is 7. The van der Waals surface area contributed by atoms with Crippen molar-refractivity contribution in [2.75, 3.05) is 20.3 Å². The second-order valence-corrected chi connectivity index (χ2v) is 8.52. The average Bonchev–Trinajstić information content (AvgIpc) is 2.62. The van der Waals surface area contributed by atoms with Crippen LogP contribution in [0.15, 0.2) is 29.4 Å². The zero-order valence-electron chi connectivity index (χ0n) is 16.5. The van der Waals surface area contributed by atoms with Crippen LogP contribution in [0.5, 0.6) is 0 Å². The van der Waals surface area contributed by atoms with Crippen LogP contribution in [0.4, 0.5) is 0 Å². The Hall–Kier alpha value is -1.76. The molecular weight excluding hydrogens is 348 g/mol. The molecule has 0 aliphatic rings. The van der Waals surface area contributed by atoms with E-state index in [0.717, 1.165) is 33.4 Å². The first-order valence-electron chi connectivity index (χ1n) is 8.66. The highest BCUT2D eigenvalue weighted by atomic mass is 32.2. The highest BCUT2D eigenvalue weighted by Gasteiger charge is 2.30. The van der Waals surface area contributed by atoms with Crippen molar-refractivity contribution >= 4 is 10.0 Å². The van der Waals surface area contributed by atoms with Crippen molar-refractivity contribution < 1.29 is 13.2 Å². The quantitative estimate of drug-likeness (QED) is 0.742. The summed E-state index contributed by atoms with van der Waals surface area (Å²) in [6.45, 7) is 10.7. The fourth-order valence-corrected chi connectivity index (χ4v) is 5.13. The predicted molar refractivity (Wildman–Crippen MR) is 104 cm³/mol. The van der Waals surface area contributed by atoms with Gasteiger partial charge in [-0.05, 0) is 74.1 Å². The van der Waals surface area contributed by atoms with Crippen LogP contribution < -0.4 is 0 Å². The molecule has 0 saturated heterocycles. The van der Waals surface area contributed by atoms with Crippen molar-refractivity contribution in [3.05, 3.63) is 57.9 Å². The Bertz CT molecular complexity index is 849. The van der Waals surface area contributed by atoms with Gasteiger partial charge in [-0.3, -0.25) is 4.98 Å². The first-order chi connectivity index (χ1) is 12.2. The van der Waals surface area contributed by atoms with E-state index in [2.05, 4.69) is 4.98 Å². The van der Waals surface area contributed by atoms with Crippen LogP contribution in [0.25, 0.3) is 0 Å². The lowest BCUT2D eigenvalue weighted by Gasteiger charge is -2.26. The molecule has 0 aliphatic carbocycles. The molecule has 0 N–H and O–H groups in total. The number of sulfonamides is 1. The van der Waals surface area contributed by atoms with Gasteiger partial charge in [0.2, 0.25) is 10.0 Å². The van der Waals surface area contributed by atoms with E-state index < -0.39 is 10.0 Å². The molecule has 2 rings (SSSR count). The minimum atomic E-state index is -3.67. The topological polar surface area (TPSA) is 59.5 Å². The van der Waals surface area contributed by atoms with E-state index in [-0.39, 0.29) is 6.54 Å². The minimum Gasteiger partial charge on any atom is -0.383 e. The summed E-state index contributed by atoms with van der Waals surface area (Å²) in [6.07, 6.45) is 3.37. The molecule has 26 heavy (non-hydrogen) atoms. The van der Waals surface area contributed by atoms with Gasteiger partial charge in [0, 0.05) is 32.6 Å². The molecular formula is C20H28N2O3S. The van der Waals surface area contributed by atoms with Gasteiger partial charge in [0.05, 0.1) is 11.5 Å². The lowest BCUT2D eigenvalue weighted by molar-refractivity contribution is 0.177. The first kappa shape index (κ1) is 20.6. The first-order valence-corrected chi connectivity index (χ1v) is 10.1. The van der Waals surface area contributed by atoms with Crippen molar-refractivity contribution in [2.24, 2.45) is 0 Å². The average molecular weight is 377 g/mol. The van der Waals surface area contributed by atoms with Gasteiger partial charge in [0.15, 0.2) is 0 Å². The number of nitrogens with zero attached hydrogens (tertiary/aromatic N) is 2. The normalized spacial score (nSPS) is 12.0. The summed E-state index contributed by atoms with van der Waals surface area (Å²) in [5, 5.41) is 0. The molecule has 0 unspecified atom stereocenters. The van der Waals surface area contributed by atoms with E-state index in [0.29, 0.717) is 18.0 Å². The molecule has 2 aromatic rings. The SMILES string of the molecule is COCCN(Cc1cccnc1)S(=O)(=O)c1c(C)c(C)c(C)c(C)c1C. The van der Waals surface area contributed by atoms with E-state index in [4.69, 9.17) is 4.74 Å². The van der Waals surface area contributed by atoms with Crippen LogP contribution in [-0.2, 0) is 21.3 Å². The fraction of sp³-hybridized carbons (Fsp3) is 0.450. The lowest BCUT2D eigenvalue weighted by atomic mass is 9.95. The number of ether oxygens (including phenoxy) is 1. The van der Waals surface area contributed by atoms with Gasteiger partial charge in [-0.25, -0.2) is 8.42 Å². The summed E-state index contributed by atoms with van der Waals surface area (Å²) in [5.41, 5.74) is 5.69. The maximum atomic E-state index is 13.5. The smallest absolute Gasteiger partial charge is 0.244 e. The minimum absolute atomic E-state index is 0.268. The van der Waals surface area contributed by atoms with E-state index >= 15 is 0 Å². The van der Waals surface area contributed by atoms with Gasteiger partial charge in [-0.1, -0.05) is 6.07 Å². The Morgan fingerprint density at radius 3 is 2.08 bits per heavy atom. The maximum absolute atomic E-state index is 13.5. The van der Waals surface area contributed by atoms with Gasteiger partial charge in [-0.15, -0.1) is 0 Å². The van der Waals surface area contributed by atoms with Gasteiger partial charge in [0.25, 0.3) is 0 Å². The fourth-order valence-electron chi connectivity index (χ4n) is 3.15. The summed E-state index contributed by atoms with van der Waals surface area (Å²) in [5.74, 6) is 0. The highest BCUT2D eigenvalue weighted by molar-refractivity contribution is 7.89. The Kier molecular flexibility index (Phi) is 6.55. The summed E-state index contributed by atoms with van der Waals surface area (Å²) >= 11 is 0. The summed E-state index contributed by atoms with van der Waals surface area (Å²) in [4.78, 5) is 4.51. The van der Waals surface area contributed by atoms with Gasteiger partial charge < -0.3 is 4.74 Å². The number of methoxy groups -OCH3 is 1. The van der Waals surface area contributed by atoms with E-state index in [9.17, 15) is 8.42 Å². The van der Waals surface area contributed by atoms with E-state index in [1.165, 1.54) is 4.31 Å². The number of aromatic nitrogens is 1. The molecule has 1 aromatic heterocycles. The van der Waals surface area contributed by atoms with Crippen molar-refractivity contribution in [1.82, 2.24) is 9.29 Å². The molecule has 0 aliphatic heterocycles. The third-order valence-electron chi connectivity index (χ3n) is 5.16. The zero-order valence-corrected chi connectivity index (χ0v) is 17.3. The molecule has 0 spiro atoms. The van der Waals surface area contributed by atoms with Crippen LogP contribution in [0.3, 0.4) is 0 Å². The second-order valence-electron chi connectivity index (χ2n) is 6.65. The number of benzene rings is 1. The molecule has 0 bridgehead atoms. The number of hydrogen-bond acceptors (Lipinski definition) is 4. The van der Waals surface area contributed by atoms with E-state index in [1.54, 1.807) is 19.5 Å². The third-order valence-corrected chi connectivity index (χ3v) is 7.28. The molecule has 142 valence electrons. The lowest BCUT2D eigenvalue weighted by Crippen LogP contribution is -2.34. The number of hydrogen-bond donors (Lipinski definition) is 0. The Morgan fingerprint density at radius 2 is 1.58 bits per heavy atom. The standard InChI is InChI=1S/C20H28N2O3S/c1-14-15(2)17(4)20(18(5)16(14)3)26(23,24)22(10-11-25-6)13-19-8-7-9-21-12-19/h7-9,12H,10-11,13H2,1-6H3. The number of pyridine rings is 1. The molecule has 0 saturated carbocycles. The molecule has 0 radical (unpaired) electrons.